The predicted molar refractivity (Wildman–Crippen MR) is 94.7 cm³/mol. The third kappa shape index (κ3) is 3.86. The molecule has 1 aromatic heterocycles. The summed E-state index contributed by atoms with van der Waals surface area (Å²) in [5.74, 6) is 0.624. The molecule has 1 heterocycles. The number of nitrogens with one attached hydrogen (secondary N) is 2. The van der Waals surface area contributed by atoms with Crippen LogP contribution in [0.4, 0.5) is 17.3 Å². The Bertz CT molecular complexity index is 757. The van der Waals surface area contributed by atoms with Crippen LogP contribution in [0.1, 0.15) is 0 Å². The standard InChI is InChI=1S/C13H10Cl2N4.2ClH/c14-9-3-2-8(6-10(9)15)17-13-18-11-4-1-7(16)5-12(11)19-13;;/h1-6H,16H2,(H2,17,18,19);2*1H. The number of nitrogens with zero attached hydrogens (tertiary/aromatic N) is 1. The van der Waals surface area contributed by atoms with Crippen LogP contribution >= 0.6 is 48.0 Å². The molecule has 0 saturated carbocycles. The molecule has 8 heteroatoms. The van der Waals surface area contributed by atoms with Gasteiger partial charge in [0.15, 0.2) is 0 Å². The lowest BCUT2D eigenvalue weighted by Gasteiger charge is -2.03. The largest absolute Gasteiger partial charge is 0.399 e. The van der Waals surface area contributed by atoms with E-state index in [1.165, 1.54) is 0 Å². The van der Waals surface area contributed by atoms with Crippen LogP contribution in [-0.2, 0) is 0 Å². The smallest absolute Gasteiger partial charge is 0.205 e. The van der Waals surface area contributed by atoms with E-state index in [-0.39, 0.29) is 24.8 Å². The number of H-pyrrole nitrogens is 1. The SMILES string of the molecule is Cl.Cl.Nc1ccc2nc(Nc3ccc(Cl)c(Cl)c3)[nH]c2c1. The highest BCUT2D eigenvalue weighted by molar-refractivity contribution is 6.42. The topological polar surface area (TPSA) is 66.7 Å². The Hall–Kier alpha value is -1.33. The van der Waals surface area contributed by atoms with Gasteiger partial charge in [-0.3, -0.25) is 0 Å². The number of aromatic nitrogens is 2. The second kappa shape index (κ2) is 7.09. The molecule has 4 nitrogen and oxygen atoms in total. The summed E-state index contributed by atoms with van der Waals surface area (Å²) in [5.41, 5.74) is 8.94. The zero-order valence-electron chi connectivity index (χ0n) is 10.6. The second-order valence-corrected chi connectivity index (χ2v) is 4.93. The first kappa shape index (κ1) is 17.7. The van der Waals surface area contributed by atoms with E-state index >= 15 is 0 Å². The molecule has 0 amide bonds. The van der Waals surface area contributed by atoms with Gasteiger partial charge in [0.25, 0.3) is 0 Å². The minimum Gasteiger partial charge on any atom is -0.399 e. The molecule has 112 valence electrons. The Balaban J connectivity index is 0.00000110. The average Bonchev–Trinajstić information content (AvgIpc) is 2.75. The highest BCUT2D eigenvalue weighted by Gasteiger charge is 2.04. The molecule has 2 aromatic carbocycles. The number of aromatic amines is 1. The number of imidazole rings is 1. The van der Waals surface area contributed by atoms with E-state index < -0.39 is 0 Å². The monoisotopic (exact) mass is 364 g/mol. The van der Waals surface area contributed by atoms with Crippen molar-refractivity contribution in [3.8, 4) is 0 Å². The molecule has 0 aliphatic heterocycles. The number of nitrogens with two attached hydrogens (primary N) is 1. The Kier molecular flexibility index (Phi) is 5.98. The molecule has 0 radical (unpaired) electrons. The number of fused-ring (bicyclic) bond motifs is 1. The van der Waals surface area contributed by atoms with Gasteiger partial charge in [-0.25, -0.2) is 4.98 Å². The van der Waals surface area contributed by atoms with E-state index in [2.05, 4.69) is 15.3 Å². The van der Waals surface area contributed by atoms with Gasteiger partial charge in [-0.05, 0) is 36.4 Å². The van der Waals surface area contributed by atoms with Crippen molar-refractivity contribution in [2.45, 2.75) is 0 Å². The van der Waals surface area contributed by atoms with E-state index in [4.69, 9.17) is 28.9 Å². The summed E-state index contributed by atoms with van der Waals surface area (Å²) in [7, 11) is 0. The highest BCUT2D eigenvalue weighted by atomic mass is 35.5. The lowest BCUT2D eigenvalue weighted by Crippen LogP contribution is -1.91. The molecule has 0 fully saturated rings. The molecule has 0 atom stereocenters. The number of rotatable bonds is 2. The van der Waals surface area contributed by atoms with Crippen LogP contribution in [0.15, 0.2) is 36.4 Å². The zero-order chi connectivity index (χ0) is 13.4. The van der Waals surface area contributed by atoms with Gasteiger partial charge >= 0.3 is 0 Å². The molecule has 0 bridgehead atoms. The Labute approximate surface area is 143 Å². The summed E-state index contributed by atoms with van der Waals surface area (Å²) in [6.07, 6.45) is 0. The molecular weight excluding hydrogens is 354 g/mol. The normalized spacial score (nSPS) is 9.81. The van der Waals surface area contributed by atoms with Crippen LogP contribution in [0, 0.1) is 0 Å². The van der Waals surface area contributed by atoms with Crippen molar-refractivity contribution >= 4 is 76.4 Å². The first-order valence-electron chi connectivity index (χ1n) is 5.59. The van der Waals surface area contributed by atoms with Gasteiger partial charge in [0.05, 0.1) is 21.1 Å². The van der Waals surface area contributed by atoms with Crippen LogP contribution < -0.4 is 11.1 Å². The van der Waals surface area contributed by atoms with Crippen molar-refractivity contribution in [2.24, 2.45) is 0 Å². The molecule has 21 heavy (non-hydrogen) atoms. The Morgan fingerprint density at radius 2 is 1.76 bits per heavy atom. The van der Waals surface area contributed by atoms with Crippen LogP contribution in [0.5, 0.6) is 0 Å². The molecule has 0 unspecified atom stereocenters. The molecule has 0 spiro atoms. The van der Waals surface area contributed by atoms with E-state index in [0.29, 0.717) is 21.7 Å². The van der Waals surface area contributed by atoms with Crippen LogP contribution in [0.25, 0.3) is 11.0 Å². The van der Waals surface area contributed by atoms with Gasteiger partial charge < -0.3 is 16.0 Å². The van der Waals surface area contributed by atoms with Gasteiger partial charge in [0.2, 0.25) is 5.95 Å². The van der Waals surface area contributed by atoms with E-state index in [1.54, 1.807) is 12.1 Å². The number of hydrogen-bond acceptors (Lipinski definition) is 3. The Morgan fingerprint density at radius 3 is 2.48 bits per heavy atom. The summed E-state index contributed by atoms with van der Waals surface area (Å²) < 4.78 is 0. The number of nitrogen functional groups attached to an aromatic ring is 1. The van der Waals surface area contributed by atoms with Crippen molar-refractivity contribution in [2.75, 3.05) is 11.1 Å². The van der Waals surface area contributed by atoms with Gasteiger partial charge in [0, 0.05) is 11.4 Å². The molecule has 0 aliphatic rings. The molecule has 0 aliphatic carbocycles. The lowest BCUT2D eigenvalue weighted by atomic mass is 10.3. The van der Waals surface area contributed by atoms with Crippen molar-refractivity contribution in [1.29, 1.82) is 0 Å². The van der Waals surface area contributed by atoms with Crippen LogP contribution in [-0.4, -0.2) is 9.97 Å². The summed E-state index contributed by atoms with van der Waals surface area (Å²) in [6.45, 7) is 0. The first-order chi connectivity index (χ1) is 9.11. The zero-order valence-corrected chi connectivity index (χ0v) is 13.7. The fourth-order valence-corrected chi connectivity index (χ4v) is 2.10. The van der Waals surface area contributed by atoms with Gasteiger partial charge in [-0.15, -0.1) is 24.8 Å². The van der Waals surface area contributed by atoms with Crippen molar-refractivity contribution in [3.63, 3.8) is 0 Å². The van der Waals surface area contributed by atoms with Crippen molar-refractivity contribution < 1.29 is 0 Å². The number of hydrogen-bond donors (Lipinski definition) is 3. The third-order valence-electron chi connectivity index (χ3n) is 2.69. The molecule has 4 N–H and O–H groups in total. The quantitative estimate of drug-likeness (QED) is 0.557. The highest BCUT2D eigenvalue weighted by Crippen LogP contribution is 2.27. The van der Waals surface area contributed by atoms with Crippen molar-refractivity contribution in [3.05, 3.63) is 46.4 Å². The van der Waals surface area contributed by atoms with E-state index in [0.717, 1.165) is 16.7 Å². The summed E-state index contributed by atoms with van der Waals surface area (Å²) in [5, 5.41) is 4.14. The lowest BCUT2D eigenvalue weighted by molar-refractivity contribution is 1.31. The van der Waals surface area contributed by atoms with Gasteiger partial charge in [-0.1, -0.05) is 23.2 Å². The van der Waals surface area contributed by atoms with E-state index in [9.17, 15) is 0 Å². The predicted octanol–water partition coefficient (Wildman–Crippen LogP) is 5.04. The van der Waals surface area contributed by atoms with Crippen molar-refractivity contribution in [1.82, 2.24) is 9.97 Å². The average molecular weight is 366 g/mol. The maximum Gasteiger partial charge on any atom is 0.205 e. The minimum atomic E-state index is 0. The van der Waals surface area contributed by atoms with Gasteiger partial charge in [-0.2, -0.15) is 0 Å². The number of anilines is 3. The fraction of sp³-hybridized carbons (Fsp3) is 0. The maximum atomic E-state index is 5.96. The summed E-state index contributed by atoms with van der Waals surface area (Å²) >= 11 is 11.8. The second-order valence-electron chi connectivity index (χ2n) is 4.12. The summed E-state index contributed by atoms with van der Waals surface area (Å²) in [6, 6.07) is 10.8. The molecule has 0 saturated heterocycles. The number of halogens is 4. The Morgan fingerprint density at radius 1 is 1.00 bits per heavy atom. The third-order valence-corrected chi connectivity index (χ3v) is 3.43. The molecular formula is C13H12Cl4N4. The van der Waals surface area contributed by atoms with Crippen LogP contribution in [0.2, 0.25) is 10.0 Å². The number of benzene rings is 2. The molecule has 3 aromatic rings. The molecule has 3 rings (SSSR count). The van der Waals surface area contributed by atoms with Gasteiger partial charge in [0.1, 0.15) is 0 Å². The minimum absolute atomic E-state index is 0. The van der Waals surface area contributed by atoms with Crippen LogP contribution in [0.3, 0.4) is 0 Å². The fourth-order valence-electron chi connectivity index (χ4n) is 1.80. The summed E-state index contributed by atoms with van der Waals surface area (Å²) in [4.78, 5) is 7.54. The first-order valence-corrected chi connectivity index (χ1v) is 6.35. The maximum absolute atomic E-state index is 5.96. The van der Waals surface area contributed by atoms with E-state index in [1.807, 2.05) is 24.3 Å².